The fourth-order valence-corrected chi connectivity index (χ4v) is 1.29. The molecule has 1 nitrogen and oxygen atoms in total. The molecule has 0 radical (unpaired) electrons. The lowest BCUT2D eigenvalue weighted by atomic mass is 10.6. The van der Waals surface area contributed by atoms with E-state index in [-0.39, 0.29) is 0 Å². The largest absolute Gasteiger partial charge is 0.540 e. The average Bonchev–Trinajstić information content (AvgIpc) is 1.78. The Hall–Kier alpha value is -0.523. The number of allylic oxidation sites excluding steroid dienone is 1. The summed E-state index contributed by atoms with van der Waals surface area (Å²) >= 11 is 0. The quantitative estimate of drug-likeness (QED) is 0.379. The van der Waals surface area contributed by atoms with E-state index in [9.17, 15) is 17.6 Å². The van der Waals surface area contributed by atoms with Crippen LogP contribution in [0.15, 0.2) is 12.1 Å². The van der Waals surface area contributed by atoms with Gasteiger partial charge in [-0.2, -0.15) is 13.2 Å². The SMILES string of the molecule is C[Si](C)(C)O/C(=C\F)C(F)(F)F. The fraction of sp³-hybridized carbons (Fsp3) is 0.667. The van der Waals surface area contributed by atoms with Crippen LogP contribution in [0, 0.1) is 0 Å². The molecular formula is C6H10F4OSi. The second kappa shape index (κ2) is 3.47. The molecule has 0 amide bonds. The van der Waals surface area contributed by atoms with Gasteiger partial charge in [0.1, 0.15) is 6.33 Å². The highest BCUT2D eigenvalue weighted by Gasteiger charge is 2.38. The van der Waals surface area contributed by atoms with E-state index in [1.165, 1.54) is 0 Å². The highest BCUT2D eigenvalue weighted by molar-refractivity contribution is 6.70. The molecule has 0 unspecified atom stereocenters. The summed E-state index contributed by atoms with van der Waals surface area (Å²) in [6, 6.07) is 0. The average molecular weight is 202 g/mol. The van der Waals surface area contributed by atoms with Crippen LogP contribution < -0.4 is 0 Å². The summed E-state index contributed by atoms with van der Waals surface area (Å²) in [5, 5.41) is 0. The van der Waals surface area contributed by atoms with E-state index in [2.05, 4.69) is 4.43 Å². The maximum atomic E-state index is 11.8. The van der Waals surface area contributed by atoms with E-state index in [1.54, 1.807) is 19.6 Å². The monoisotopic (exact) mass is 202 g/mol. The van der Waals surface area contributed by atoms with Crippen molar-refractivity contribution in [2.75, 3.05) is 0 Å². The van der Waals surface area contributed by atoms with E-state index in [0.29, 0.717) is 0 Å². The first kappa shape index (κ1) is 11.5. The van der Waals surface area contributed by atoms with Crippen LogP contribution in [-0.2, 0) is 4.43 Å². The van der Waals surface area contributed by atoms with Crippen LogP contribution in [0.3, 0.4) is 0 Å². The Morgan fingerprint density at radius 1 is 1.25 bits per heavy atom. The summed E-state index contributed by atoms with van der Waals surface area (Å²) in [5.41, 5.74) is 0. The summed E-state index contributed by atoms with van der Waals surface area (Å²) in [5.74, 6) is -1.54. The lowest BCUT2D eigenvalue weighted by molar-refractivity contribution is -0.118. The molecule has 0 spiro atoms. The molecule has 0 rings (SSSR count). The molecule has 0 bridgehead atoms. The van der Waals surface area contributed by atoms with Crippen molar-refractivity contribution in [1.29, 1.82) is 0 Å². The third-order valence-electron chi connectivity index (χ3n) is 0.795. The van der Waals surface area contributed by atoms with Gasteiger partial charge in [-0.25, -0.2) is 4.39 Å². The highest BCUT2D eigenvalue weighted by Crippen LogP contribution is 2.29. The van der Waals surface area contributed by atoms with Crippen molar-refractivity contribution >= 4 is 8.32 Å². The summed E-state index contributed by atoms with van der Waals surface area (Å²) in [6.07, 6.45) is -5.27. The van der Waals surface area contributed by atoms with Gasteiger partial charge in [0.25, 0.3) is 0 Å². The zero-order chi connectivity index (χ0) is 9.99. The van der Waals surface area contributed by atoms with Gasteiger partial charge >= 0.3 is 6.18 Å². The molecular weight excluding hydrogens is 192 g/mol. The first-order valence-corrected chi connectivity index (χ1v) is 6.64. The van der Waals surface area contributed by atoms with Crippen LogP contribution in [0.5, 0.6) is 0 Å². The minimum atomic E-state index is -4.73. The van der Waals surface area contributed by atoms with E-state index in [1.807, 2.05) is 0 Å². The molecule has 0 fully saturated rings. The van der Waals surface area contributed by atoms with Gasteiger partial charge in [0.15, 0.2) is 0 Å². The molecule has 6 heteroatoms. The van der Waals surface area contributed by atoms with Crippen molar-refractivity contribution in [3.8, 4) is 0 Å². The normalized spacial score (nSPS) is 14.8. The van der Waals surface area contributed by atoms with E-state index < -0.39 is 26.6 Å². The smallest absolute Gasteiger partial charge is 0.449 e. The molecule has 0 aliphatic rings. The summed E-state index contributed by atoms with van der Waals surface area (Å²) in [7, 11) is -2.38. The molecule has 12 heavy (non-hydrogen) atoms. The van der Waals surface area contributed by atoms with Crippen LogP contribution in [0.1, 0.15) is 0 Å². The number of alkyl halides is 3. The Morgan fingerprint density at radius 3 is 1.75 bits per heavy atom. The van der Waals surface area contributed by atoms with Crippen LogP contribution in [0.25, 0.3) is 0 Å². The molecule has 0 heterocycles. The Balaban J connectivity index is 4.43. The molecule has 0 aromatic heterocycles. The third-order valence-corrected chi connectivity index (χ3v) is 1.63. The van der Waals surface area contributed by atoms with Crippen LogP contribution in [-0.4, -0.2) is 14.5 Å². The van der Waals surface area contributed by atoms with Gasteiger partial charge in [-0.1, -0.05) is 0 Å². The topological polar surface area (TPSA) is 9.23 Å². The first-order chi connectivity index (χ1) is 5.17. The maximum absolute atomic E-state index is 11.8. The predicted molar refractivity (Wildman–Crippen MR) is 39.7 cm³/mol. The van der Waals surface area contributed by atoms with Crippen molar-refractivity contribution in [3.05, 3.63) is 12.1 Å². The molecule has 0 aromatic rings. The number of hydrogen-bond donors (Lipinski definition) is 0. The second-order valence-corrected chi connectivity index (χ2v) is 7.61. The van der Waals surface area contributed by atoms with Crippen molar-refractivity contribution in [1.82, 2.24) is 0 Å². The van der Waals surface area contributed by atoms with E-state index in [0.717, 1.165) is 0 Å². The fourth-order valence-electron chi connectivity index (χ4n) is 0.472. The molecule has 72 valence electrons. The Bertz CT molecular complexity index is 179. The molecule has 0 atom stereocenters. The molecule has 0 aliphatic carbocycles. The minimum Gasteiger partial charge on any atom is -0.540 e. The van der Waals surface area contributed by atoms with Crippen molar-refractivity contribution in [2.24, 2.45) is 0 Å². The molecule has 0 N–H and O–H groups in total. The van der Waals surface area contributed by atoms with Crippen molar-refractivity contribution < 1.29 is 22.0 Å². The second-order valence-electron chi connectivity index (χ2n) is 3.19. The highest BCUT2D eigenvalue weighted by atomic mass is 28.4. The van der Waals surface area contributed by atoms with Gasteiger partial charge in [-0.3, -0.25) is 0 Å². The molecule has 0 saturated heterocycles. The standard InChI is InChI=1S/C6H10F4OSi/c1-12(2,3)11-5(4-7)6(8,9)10/h4H,1-3H3/b5-4-. The maximum Gasteiger partial charge on any atom is 0.449 e. The lowest BCUT2D eigenvalue weighted by Crippen LogP contribution is -2.29. The Morgan fingerprint density at radius 2 is 1.67 bits per heavy atom. The summed E-state index contributed by atoms with van der Waals surface area (Å²) in [6.45, 7) is 4.63. The molecule has 0 aliphatic heterocycles. The number of halogens is 4. The lowest BCUT2D eigenvalue weighted by Gasteiger charge is -2.21. The summed E-state index contributed by atoms with van der Waals surface area (Å²) in [4.78, 5) is 0. The number of rotatable bonds is 2. The Kier molecular flexibility index (Phi) is 3.31. The Labute approximate surface area is 69.2 Å². The van der Waals surface area contributed by atoms with Crippen molar-refractivity contribution in [2.45, 2.75) is 25.8 Å². The minimum absolute atomic E-state index is 0.543. The molecule has 0 aromatic carbocycles. The zero-order valence-electron chi connectivity index (χ0n) is 7.00. The van der Waals surface area contributed by atoms with E-state index in [4.69, 9.17) is 0 Å². The van der Waals surface area contributed by atoms with Crippen LogP contribution in [0.2, 0.25) is 19.6 Å². The van der Waals surface area contributed by atoms with Gasteiger partial charge in [0.05, 0.1) is 0 Å². The van der Waals surface area contributed by atoms with Gasteiger partial charge in [0, 0.05) is 0 Å². The van der Waals surface area contributed by atoms with Gasteiger partial charge in [-0.15, -0.1) is 0 Å². The van der Waals surface area contributed by atoms with Gasteiger partial charge < -0.3 is 4.43 Å². The van der Waals surface area contributed by atoms with Crippen LogP contribution in [0.4, 0.5) is 17.6 Å². The third kappa shape index (κ3) is 4.37. The predicted octanol–water partition coefficient (Wildman–Crippen LogP) is 3.21. The first-order valence-electron chi connectivity index (χ1n) is 3.23. The van der Waals surface area contributed by atoms with Gasteiger partial charge in [-0.05, 0) is 19.6 Å². The number of hydrogen-bond acceptors (Lipinski definition) is 1. The molecule has 0 saturated carbocycles. The van der Waals surface area contributed by atoms with Gasteiger partial charge in [0.2, 0.25) is 14.1 Å². The van der Waals surface area contributed by atoms with Crippen LogP contribution >= 0.6 is 0 Å². The van der Waals surface area contributed by atoms with E-state index >= 15 is 0 Å². The van der Waals surface area contributed by atoms with Crippen molar-refractivity contribution in [3.63, 3.8) is 0 Å². The zero-order valence-corrected chi connectivity index (χ0v) is 8.00. The summed E-state index contributed by atoms with van der Waals surface area (Å²) < 4.78 is 51.7.